The van der Waals surface area contributed by atoms with Crippen molar-refractivity contribution in [2.24, 2.45) is 0 Å². The second-order valence-electron chi connectivity index (χ2n) is 8.70. The van der Waals surface area contributed by atoms with E-state index in [1.807, 2.05) is 43.3 Å². The molecule has 2 heterocycles. The number of nitrogens with zero attached hydrogens (tertiary/aromatic N) is 4. The number of fused-ring (bicyclic) bond motifs is 1. The number of carbonyl (C=O) groups excluding carboxylic acids is 1. The Morgan fingerprint density at radius 1 is 1.06 bits per heavy atom. The van der Waals surface area contributed by atoms with Crippen molar-refractivity contribution < 1.29 is 9.53 Å². The molecular formula is C26H35N5O2. The van der Waals surface area contributed by atoms with Gasteiger partial charge in [0.25, 0.3) is 5.91 Å². The van der Waals surface area contributed by atoms with E-state index in [9.17, 15) is 4.79 Å². The van der Waals surface area contributed by atoms with Crippen molar-refractivity contribution in [2.45, 2.75) is 40.3 Å². The minimum atomic E-state index is -0.181. The Bertz CT molecular complexity index is 1090. The lowest BCUT2D eigenvalue weighted by Gasteiger charge is -2.33. The number of para-hydroxylation sites is 1. The van der Waals surface area contributed by atoms with Crippen molar-refractivity contribution in [3.05, 3.63) is 53.9 Å². The Kier molecular flexibility index (Phi) is 7.62. The molecule has 0 bridgehead atoms. The van der Waals surface area contributed by atoms with Crippen LogP contribution in [-0.4, -0.2) is 64.6 Å². The van der Waals surface area contributed by atoms with Crippen LogP contribution in [0.1, 0.15) is 31.7 Å². The van der Waals surface area contributed by atoms with Crippen LogP contribution in [0.4, 0.5) is 5.69 Å². The quantitative estimate of drug-likeness (QED) is 0.537. The summed E-state index contributed by atoms with van der Waals surface area (Å²) in [6, 6.07) is 13.7. The lowest BCUT2D eigenvalue weighted by molar-refractivity contribution is -0.118. The van der Waals surface area contributed by atoms with E-state index < -0.39 is 0 Å². The highest BCUT2D eigenvalue weighted by molar-refractivity contribution is 5.94. The van der Waals surface area contributed by atoms with Gasteiger partial charge in [0, 0.05) is 38.4 Å². The number of amides is 1. The molecule has 2 aromatic carbocycles. The van der Waals surface area contributed by atoms with Crippen molar-refractivity contribution in [2.75, 3.05) is 44.6 Å². The summed E-state index contributed by atoms with van der Waals surface area (Å²) in [5.74, 6) is 1.65. The summed E-state index contributed by atoms with van der Waals surface area (Å²) in [4.78, 5) is 22.4. The second kappa shape index (κ2) is 10.8. The Morgan fingerprint density at radius 2 is 1.82 bits per heavy atom. The molecule has 1 saturated heterocycles. The minimum Gasteiger partial charge on any atom is -0.483 e. The van der Waals surface area contributed by atoms with Crippen LogP contribution in [0.15, 0.2) is 42.5 Å². The maximum Gasteiger partial charge on any atom is 0.262 e. The van der Waals surface area contributed by atoms with Gasteiger partial charge in [-0.3, -0.25) is 9.69 Å². The molecule has 7 heteroatoms. The number of piperazine rings is 1. The number of ether oxygens (including phenoxy) is 1. The first-order valence-corrected chi connectivity index (χ1v) is 12.0. The molecule has 0 aliphatic carbocycles. The highest BCUT2D eigenvalue weighted by Crippen LogP contribution is 2.23. The van der Waals surface area contributed by atoms with Crippen LogP contribution in [-0.2, 0) is 17.9 Å². The average Bonchev–Trinajstić information content (AvgIpc) is 3.15. The van der Waals surface area contributed by atoms with Gasteiger partial charge in [0.1, 0.15) is 11.6 Å². The molecule has 1 N–H and O–H groups in total. The predicted octanol–water partition coefficient (Wildman–Crippen LogP) is 3.91. The molecular weight excluding hydrogens is 414 g/mol. The maximum absolute atomic E-state index is 12.4. The molecule has 0 spiro atoms. The summed E-state index contributed by atoms with van der Waals surface area (Å²) < 4.78 is 8.00. The second-order valence-corrected chi connectivity index (χ2v) is 8.70. The van der Waals surface area contributed by atoms with E-state index in [0.717, 1.165) is 86.1 Å². The highest BCUT2D eigenvalue weighted by atomic mass is 16.5. The number of benzene rings is 2. The molecule has 1 aliphatic heterocycles. The number of carbonyl (C=O) groups is 1. The Balaban J connectivity index is 1.44. The molecule has 0 unspecified atom stereocenters. The van der Waals surface area contributed by atoms with Gasteiger partial charge < -0.3 is 19.5 Å². The fourth-order valence-electron chi connectivity index (χ4n) is 4.37. The topological polar surface area (TPSA) is 62.6 Å². The van der Waals surface area contributed by atoms with Crippen LogP contribution in [0, 0.1) is 6.92 Å². The van der Waals surface area contributed by atoms with Crippen LogP contribution in [0.2, 0.25) is 0 Å². The fourth-order valence-corrected chi connectivity index (χ4v) is 4.37. The molecule has 0 saturated carbocycles. The van der Waals surface area contributed by atoms with Gasteiger partial charge in [-0.25, -0.2) is 4.98 Å². The fraction of sp³-hybridized carbons (Fsp3) is 0.462. The van der Waals surface area contributed by atoms with Crippen LogP contribution in [0.5, 0.6) is 5.75 Å². The van der Waals surface area contributed by atoms with E-state index in [2.05, 4.69) is 39.6 Å². The molecule has 7 nitrogen and oxygen atoms in total. The first kappa shape index (κ1) is 23.3. The molecule has 33 heavy (non-hydrogen) atoms. The van der Waals surface area contributed by atoms with Crippen LogP contribution >= 0.6 is 0 Å². The smallest absolute Gasteiger partial charge is 0.262 e. The Labute approximate surface area is 196 Å². The number of likely N-dealkylation sites (N-methyl/N-ethyl adjacent to an activating group) is 1. The zero-order valence-corrected chi connectivity index (χ0v) is 20.0. The van der Waals surface area contributed by atoms with Gasteiger partial charge in [-0.15, -0.1) is 0 Å². The van der Waals surface area contributed by atoms with Crippen molar-refractivity contribution >= 4 is 22.6 Å². The number of aromatic nitrogens is 2. The molecule has 0 atom stereocenters. The SMILES string of the molecule is CCCn1c(CN2CCN(CC)CC2)nc2cc(NC(=O)COc3ccccc3C)ccc21. The average molecular weight is 450 g/mol. The van der Waals surface area contributed by atoms with E-state index in [-0.39, 0.29) is 12.5 Å². The van der Waals surface area contributed by atoms with Gasteiger partial charge in [0.2, 0.25) is 0 Å². The lowest BCUT2D eigenvalue weighted by Crippen LogP contribution is -2.45. The van der Waals surface area contributed by atoms with Gasteiger partial charge in [0.15, 0.2) is 6.61 Å². The normalized spacial score (nSPS) is 15.1. The molecule has 1 fully saturated rings. The first-order valence-electron chi connectivity index (χ1n) is 12.0. The number of nitrogens with one attached hydrogen (secondary N) is 1. The third-order valence-corrected chi connectivity index (χ3v) is 6.29. The van der Waals surface area contributed by atoms with Crippen molar-refractivity contribution in [3.63, 3.8) is 0 Å². The molecule has 1 amide bonds. The van der Waals surface area contributed by atoms with E-state index in [1.54, 1.807) is 0 Å². The lowest BCUT2D eigenvalue weighted by atomic mass is 10.2. The van der Waals surface area contributed by atoms with Crippen molar-refractivity contribution in [1.29, 1.82) is 0 Å². The van der Waals surface area contributed by atoms with Crippen LogP contribution in [0.3, 0.4) is 0 Å². The number of rotatable bonds is 9. The van der Waals surface area contributed by atoms with E-state index in [1.165, 1.54) is 0 Å². The molecule has 176 valence electrons. The van der Waals surface area contributed by atoms with Gasteiger partial charge in [-0.2, -0.15) is 0 Å². The Hall–Kier alpha value is -2.90. The maximum atomic E-state index is 12.4. The first-order chi connectivity index (χ1) is 16.1. The van der Waals surface area contributed by atoms with Crippen LogP contribution < -0.4 is 10.1 Å². The molecule has 1 aromatic heterocycles. The number of hydrogen-bond donors (Lipinski definition) is 1. The van der Waals surface area contributed by atoms with Gasteiger partial charge in [0.05, 0.1) is 17.6 Å². The summed E-state index contributed by atoms with van der Waals surface area (Å²) in [5, 5.41) is 2.95. The zero-order valence-electron chi connectivity index (χ0n) is 20.0. The number of anilines is 1. The third-order valence-electron chi connectivity index (χ3n) is 6.29. The standard InChI is InChI=1S/C26H35N5O2/c1-4-12-31-23-11-10-21(27-26(32)19-33-24-9-7-6-8-20(24)3)17-22(23)28-25(31)18-30-15-13-29(5-2)14-16-30/h6-11,17H,4-5,12-16,18-19H2,1-3H3,(H,27,32). The predicted molar refractivity (Wildman–Crippen MR) is 133 cm³/mol. The van der Waals surface area contributed by atoms with E-state index in [0.29, 0.717) is 0 Å². The van der Waals surface area contributed by atoms with E-state index in [4.69, 9.17) is 9.72 Å². The highest BCUT2D eigenvalue weighted by Gasteiger charge is 2.19. The summed E-state index contributed by atoms with van der Waals surface area (Å²) in [6.45, 7) is 13.7. The molecule has 4 rings (SSSR count). The van der Waals surface area contributed by atoms with Crippen molar-refractivity contribution in [1.82, 2.24) is 19.4 Å². The van der Waals surface area contributed by atoms with Gasteiger partial charge in [-0.1, -0.05) is 32.0 Å². The zero-order chi connectivity index (χ0) is 23.2. The summed E-state index contributed by atoms with van der Waals surface area (Å²) in [6.07, 6.45) is 1.05. The van der Waals surface area contributed by atoms with E-state index >= 15 is 0 Å². The largest absolute Gasteiger partial charge is 0.483 e. The molecule has 1 aliphatic rings. The number of hydrogen-bond acceptors (Lipinski definition) is 5. The molecule has 3 aromatic rings. The monoisotopic (exact) mass is 449 g/mol. The summed E-state index contributed by atoms with van der Waals surface area (Å²) in [5.41, 5.74) is 3.79. The van der Waals surface area contributed by atoms with Crippen molar-refractivity contribution in [3.8, 4) is 5.75 Å². The van der Waals surface area contributed by atoms with Crippen LogP contribution in [0.25, 0.3) is 11.0 Å². The Morgan fingerprint density at radius 3 is 2.55 bits per heavy atom. The summed E-state index contributed by atoms with van der Waals surface area (Å²) >= 11 is 0. The number of imidazole rings is 1. The minimum absolute atomic E-state index is 0.0256. The third kappa shape index (κ3) is 5.72. The number of aryl methyl sites for hydroxylation is 2. The summed E-state index contributed by atoms with van der Waals surface area (Å²) in [7, 11) is 0. The van der Waals surface area contributed by atoms with Gasteiger partial charge >= 0.3 is 0 Å². The molecule has 0 radical (unpaired) electrons. The van der Waals surface area contributed by atoms with Gasteiger partial charge in [-0.05, 0) is 49.7 Å².